The summed E-state index contributed by atoms with van der Waals surface area (Å²) in [5.41, 5.74) is 4.15. The van der Waals surface area contributed by atoms with Gasteiger partial charge in [-0.1, -0.05) is 24.3 Å². The van der Waals surface area contributed by atoms with Crippen molar-refractivity contribution in [2.24, 2.45) is 0 Å². The van der Waals surface area contributed by atoms with E-state index in [0.717, 1.165) is 36.7 Å². The Morgan fingerprint density at radius 3 is 2.62 bits per heavy atom. The molecule has 1 saturated carbocycles. The summed E-state index contributed by atoms with van der Waals surface area (Å²) in [5.74, 6) is 0.647. The van der Waals surface area contributed by atoms with Crippen molar-refractivity contribution < 1.29 is 9.18 Å². The van der Waals surface area contributed by atoms with Gasteiger partial charge in [0, 0.05) is 24.8 Å². The molecule has 2 aromatic rings. The highest BCUT2D eigenvalue weighted by Gasteiger charge is 2.25. The van der Waals surface area contributed by atoms with Crippen molar-refractivity contribution in [2.45, 2.75) is 44.6 Å². The molecule has 1 aliphatic carbocycles. The van der Waals surface area contributed by atoms with Gasteiger partial charge in [0.1, 0.15) is 5.82 Å². The maximum absolute atomic E-state index is 13.4. The third-order valence-corrected chi connectivity index (χ3v) is 5.45. The number of benzene rings is 2. The van der Waals surface area contributed by atoms with E-state index in [2.05, 4.69) is 34.5 Å². The van der Waals surface area contributed by atoms with Crippen LogP contribution in [0, 0.1) is 12.7 Å². The van der Waals surface area contributed by atoms with Crippen molar-refractivity contribution in [2.75, 3.05) is 18.0 Å². The Morgan fingerprint density at radius 1 is 1.15 bits per heavy atom. The summed E-state index contributed by atoms with van der Waals surface area (Å²) >= 11 is 0. The van der Waals surface area contributed by atoms with Crippen LogP contribution in [0.25, 0.3) is 0 Å². The molecule has 2 aromatic carbocycles. The molecular formula is C22H25FN2O. The van der Waals surface area contributed by atoms with Crippen LogP contribution >= 0.6 is 0 Å². The summed E-state index contributed by atoms with van der Waals surface area (Å²) in [4.78, 5) is 14.6. The molecule has 2 aliphatic rings. The van der Waals surface area contributed by atoms with Crippen molar-refractivity contribution >= 4 is 11.6 Å². The first kappa shape index (κ1) is 17.1. The molecule has 0 bridgehead atoms. The highest BCUT2D eigenvalue weighted by Crippen LogP contribution is 2.39. The van der Waals surface area contributed by atoms with Gasteiger partial charge < -0.3 is 10.2 Å². The molecule has 0 radical (unpaired) electrons. The number of nitrogens with zero attached hydrogens (tertiary/aromatic N) is 1. The minimum Gasteiger partial charge on any atom is -0.369 e. The lowest BCUT2D eigenvalue weighted by molar-refractivity contribution is -0.121. The van der Waals surface area contributed by atoms with Crippen molar-refractivity contribution in [3.05, 3.63) is 65.0 Å². The standard InChI is InChI=1S/C22H25FN2O/c1-15-12-20(8-9-21(15)23)25-11-10-19(14-25)24-22(26)13-16-2-4-17(5-3-16)18-6-7-18/h2-5,8-9,12,18-19H,6-7,10-11,13-14H2,1H3,(H,24,26). The van der Waals surface area contributed by atoms with E-state index >= 15 is 0 Å². The number of carbonyl (C=O) groups is 1. The molecule has 136 valence electrons. The van der Waals surface area contributed by atoms with Gasteiger partial charge in [-0.25, -0.2) is 4.39 Å². The Labute approximate surface area is 154 Å². The maximum Gasteiger partial charge on any atom is 0.224 e. The topological polar surface area (TPSA) is 32.3 Å². The number of hydrogen-bond donors (Lipinski definition) is 1. The first-order valence-corrected chi connectivity index (χ1v) is 9.48. The van der Waals surface area contributed by atoms with E-state index in [-0.39, 0.29) is 17.8 Å². The Morgan fingerprint density at radius 2 is 1.92 bits per heavy atom. The van der Waals surface area contributed by atoms with Crippen LogP contribution in [-0.2, 0) is 11.2 Å². The average Bonchev–Trinajstić information content (AvgIpc) is 3.37. The monoisotopic (exact) mass is 352 g/mol. The van der Waals surface area contributed by atoms with Crippen molar-refractivity contribution in [1.29, 1.82) is 0 Å². The molecule has 1 heterocycles. The predicted octanol–water partition coefficient (Wildman–Crippen LogP) is 3.95. The van der Waals surface area contributed by atoms with Crippen LogP contribution in [0.5, 0.6) is 0 Å². The summed E-state index contributed by atoms with van der Waals surface area (Å²) < 4.78 is 13.4. The SMILES string of the molecule is Cc1cc(N2CCC(NC(=O)Cc3ccc(C4CC4)cc3)C2)ccc1F. The lowest BCUT2D eigenvalue weighted by Crippen LogP contribution is -2.38. The van der Waals surface area contributed by atoms with Crippen LogP contribution in [0.2, 0.25) is 0 Å². The van der Waals surface area contributed by atoms with E-state index < -0.39 is 0 Å². The van der Waals surface area contributed by atoms with Gasteiger partial charge in [0.15, 0.2) is 0 Å². The predicted molar refractivity (Wildman–Crippen MR) is 102 cm³/mol. The number of hydrogen-bond acceptors (Lipinski definition) is 2. The number of anilines is 1. The second-order valence-electron chi connectivity index (χ2n) is 7.63. The van der Waals surface area contributed by atoms with Gasteiger partial charge in [-0.3, -0.25) is 4.79 Å². The van der Waals surface area contributed by atoms with Crippen molar-refractivity contribution in [3.8, 4) is 0 Å². The molecule has 4 rings (SSSR count). The third kappa shape index (κ3) is 3.90. The highest BCUT2D eigenvalue weighted by atomic mass is 19.1. The van der Waals surface area contributed by atoms with E-state index in [9.17, 15) is 9.18 Å². The first-order valence-electron chi connectivity index (χ1n) is 9.48. The van der Waals surface area contributed by atoms with Crippen LogP contribution in [-0.4, -0.2) is 25.0 Å². The molecule has 0 spiro atoms. The molecule has 4 heteroatoms. The van der Waals surface area contributed by atoms with Crippen LogP contribution < -0.4 is 10.2 Å². The van der Waals surface area contributed by atoms with Gasteiger partial charge in [-0.15, -0.1) is 0 Å². The zero-order chi connectivity index (χ0) is 18.1. The molecule has 0 aromatic heterocycles. The minimum absolute atomic E-state index is 0.0753. The molecule has 1 saturated heterocycles. The lowest BCUT2D eigenvalue weighted by Gasteiger charge is -2.19. The molecule has 1 amide bonds. The molecule has 3 nitrogen and oxygen atoms in total. The molecule has 1 unspecified atom stereocenters. The minimum atomic E-state index is -0.175. The van der Waals surface area contributed by atoms with Gasteiger partial charge in [0.2, 0.25) is 5.91 Å². The van der Waals surface area contributed by atoms with Crippen molar-refractivity contribution in [3.63, 3.8) is 0 Å². The Bertz CT molecular complexity index is 798. The van der Waals surface area contributed by atoms with Crippen LogP contribution in [0.4, 0.5) is 10.1 Å². The first-order chi connectivity index (χ1) is 12.6. The lowest BCUT2D eigenvalue weighted by atomic mass is 10.1. The Balaban J connectivity index is 1.30. The van der Waals surface area contributed by atoms with Gasteiger partial charge in [-0.05, 0) is 67.0 Å². The molecule has 2 fully saturated rings. The quantitative estimate of drug-likeness (QED) is 0.884. The zero-order valence-corrected chi connectivity index (χ0v) is 15.2. The smallest absolute Gasteiger partial charge is 0.224 e. The summed E-state index contributed by atoms with van der Waals surface area (Å²) in [6, 6.07) is 13.8. The summed E-state index contributed by atoms with van der Waals surface area (Å²) in [7, 11) is 0. The van der Waals surface area contributed by atoms with Crippen molar-refractivity contribution in [1.82, 2.24) is 5.32 Å². The molecule has 1 N–H and O–H groups in total. The Hall–Kier alpha value is -2.36. The fraction of sp³-hybridized carbons (Fsp3) is 0.409. The number of nitrogens with one attached hydrogen (secondary N) is 1. The van der Waals surface area contributed by atoms with Gasteiger partial charge >= 0.3 is 0 Å². The number of carbonyl (C=O) groups excluding carboxylic acids is 1. The summed E-state index contributed by atoms with van der Waals surface area (Å²) in [5, 5.41) is 3.15. The normalized spacial score (nSPS) is 19.6. The van der Waals surface area contributed by atoms with Gasteiger partial charge in [-0.2, -0.15) is 0 Å². The Kier molecular flexibility index (Phi) is 4.66. The molecular weight excluding hydrogens is 327 g/mol. The van der Waals surface area contributed by atoms with E-state index in [4.69, 9.17) is 0 Å². The van der Waals surface area contributed by atoms with E-state index in [1.807, 2.05) is 12.1 Å². The summed E-state index contributed by atoms with van der Waals surface area (Å²) in [6.07, 6.45) is 3.94. The highest BCUT2D eigenvalue weighted by molar-refractivity contribution is 5.79. The van der Waals surface area contributed by atoms with Gasteiger partial charge in [0.05, 0.1) is 6.42 Å². The number of halogens is 1. The maximum atomic E-state index is 13.4. The second-order valence-corrected chi connectivity index (χ2v) is 7.63. The zero-order valence-electron chi connectivity index (χ0n) is 15.2. The number of rotatable bonds is 5. The van der Waals surface area contributed by atoms with Crippen LogP contribution in [0.1, 0.15) is 41.9 Å². The molecule has 1 aliphatic heterocycles. The second kappa shape index (κ2) is 7.10. The van der Waals surface area contributed by atoms with Crippen LogP contribution in [0.3, 0.4) is 0 Å². The van der Waals surface area contributed by atoms with E-state index in [1.165, 1.54) is 24.5 Å². The largest absolute Gasteiger partial charge is 0.369 e. The van der Waals surface area contributed by atoms with E-state index in [0.29, 0.717) is 12.0 Å². The molecule has 26 heavy (non-hydrogen) atoms. The fourth-order valence-corrected chi connectivity index (χ4v) is 3.73. The number of amides is 1. The summed E-state index contributed by atoms with van der Waals surface area (Å²) in [6.45, 7) is 3.44. The van der Waals surface area contributed by atoms with Crippen LogP contribution in [0.15, 0.2) is 42.5 Å². The van der Waals surface area contributed by atoms with Gasteiger partial charge in [0.25, 0.3) is 0 Å². The average molecular weight is 352 g/mol. The number of aryl methyl sites for hydroxylation is 1. The fourth-order valence-electron chi connectivity index (χ4n) is 3.73. The molecule has 1 atom stereocenters. The third-order valence-electron chi connectivity index (χ3n) is 5.45. The van der Waals surface area contributed by atoms with E-state index in [1.54, 1.807) is 6.92 Å².